The zero-order chi connectivity index (χ0) is 21.4. The van der Waals surface area contributed by atoms with Crippen molar-refractivity contribution in [1.82, 2.24) is 0 Å². The number of nitrogens with two attached hydrogens (primary N) is 2. The summed E-state index contributed by atoms with van der Waals surface area (Å²) in [6.07, 6.45) is -0.465. The van der Waals surface area contributed by atoms with E-state index >= 15 is 0 Å². The Balaban J connectivity index is 2.54. The summed E-state index contributed by atoms with van der Waals surface area (Å²) in [5, 5.41) is 0. The highest BCUT2D eigenvalue weighted by Gasteiger charge is 2.48. The van der Waals surface area contributed by atoms with E-state index in [-0.39, 0.29) is 28.1 Å². The van der Waals surface area contributed by atoms with Gasteiger partial charge >= 0.3 is 5.97 Å². The standard InChI is InChI=1S/C21H26N2O5/c1-11-15(17(25)14-9-7-6-8-13(14)16(11)24)10-21(23,18(26)12(2)22)19(27)28-20(3,4)5/h6-9,12H,10,22-23H2,1-5H3/t12-,21?/m0/s1. The van der Waals surface area contributed by atoms with Gasteiger partial charge in [0, 0.05) is 28.7 Å². The number of carbonyl (C=O) groups is 4. The van der Waals surface area contributed by atoms with Gasteiger partial charge in [-0.15, -0.1) is 0 Å². The number of Topliss-reactive ketones (excluding diaryl/α,β-unsaturated/α-hetero) is 3. The van der Waals surface area contributed by atoms with E-state index < -0.39 is 41.1 Å². The Kier molecular flexibility index (Phi) is 5.73. The van der Waals surface area contributed by atoms with Crippen LogP contribution in [-0.4, -0.2) is 40.5 Å². The summed E-state index contributed by atoms with van der Waals surface area (Å²) in [5.41, 5.74) is 9.50. The molecule has 7 heteroatoms. The molecule has 0 saturated heterocycles. The van der Waals surface area contributed by atoms with Crippen LogP contribution < -0.4 is 11.5 Å². The number of ketones is 3. The smallest absolute Gasteiger partial charge is 0.334 e. The largest absolute Gasteiger partial charge is 0.458 e. The second-order valence-electron chi connectivity index (χ2n) is 8.11. The number of rotatable bonds is 5. The first kappa shape index (κ1) is 21.7. The van der Waals surface area contributed by atoms with E-state index in [0.29, 0.717) is 0 Å². The van der Waals surface area contributed by atoms with Crippen LogP contribution in [0, 0.1) is 0 Å². The molecule has 0 heterocycles. The van der Waals surface area contributed by atoms with Gasteiger partial charge in [0.1, 0.15) is 5.60 Å². The highest BCUT2D eigenvalue weighted by atomic mass is 16.6. The molecule has 1 aliphatic carbocycles. The molecule has 0 radical (unpaired) electrons. The van der Waals surface area contributed by atoms with Crippen molar-refractivity contribution in [2.75, 3.05) is 0 Å². The molecule has 0 fully saturated rings. The first-order valence-corrected chi connectivity index (χ1v) is 9.00. The number of hydrogen-bond acceptors (Lipinski definition) is 7. The molecule has 28 heavy (non-hydrogen) atoms. The van der Waals surface area contributed by atoms with Crippen molar-refractivity contribution in [1.29, 1.82) is 0 Å². The van der Waals surface area contributed by atoms with Crippen LogP contribution in [0.15, 0.2) is 35.4 Å². The van der Waals surface area contributed by atoms with Crippen molar-refractivity contribution in [3.63, 3.8) is 0 Å². The minimum Gasteiger partial charge on any atom is -0.458 e. The number of ether oxygens (including phenoxy) is 1. The lowest BCUT2D eigenvalue weighted by molar-refractivity contribution is -0.164. The van der Waals surface area contributed by atoms with E-state index in [1.54, 1.807) is 39.0 Å². The molecule has 1 aliphatic rings. The Bertz CT molecular complexity index is 892. The van der Waals surface area contributed by atoms with Crippen LogP contribution >= 0.6 is 0 Å². The predicted octanol–water partition coefficient (Wildman–Crippen LogP) is 1.73. The number of hydrogen-bond donors (Lipinski definition) is 2. The molecule has 1 aromatic carbocycles. The normalized spacial score (nSPS) is 17.7. The zero-order valence-electron chi connectivity index (χ0n) is 16.8. The lowest BCUT2D eigenvalue weighted by atomic mass is 9.76. The average Bonchev–Trinajstić information content (AvgIpc) is 2.61. The maximum absolute atomic E-state index is 13.0. The molecule has 0 amide bonds. The van der Waals surface area contributed by atoms with Crippen LogP contribution in [0.4, 0.5) is 0 Å². The average molecular weight is 386 g/mol. The maximum atomic E-state index is 13.0. The van der Waals surface area contributed by atoms with Gasteiger partial charge in [-0.1, -0.05) is 24.3 Å². The Morgan fingerprint density at radius 3 is 2.04 bits per heavy atom. The monoisotopic (exact) mass is 386 g/mol. The van der Waals surface area contributed by atoms with Crippen molar-refractivity contribution < 1.29 is 23.9 Å². The van der Waals surface area contributed by atoms with Crippen LogP contribution in [0.25, 0.3) is 0 Å². The van der Waals surface area contributed by atoms with Crippen molar-refractivity contribution >= 4 is 23.3 Å². The first-order valence-electron chi connectivity index (χ1n) is 9.00. The molecule has 2 rings (SSSR count). The molecule has 2 atom stereocenters. The number of allylic oxidation sites excluding steroid dienone is 1. The third-order valence-corrected chi connectivity index (χ3v) is 4.56. The van der Waals surface area contributed by atoms with Gasteiger partial charge in [0.25, 0.3) is 0 Å². The molecule has 7 nitrogen and oxygen atoms in total. The summed E-state index contributed by atoms with van der Waals surface area (Å²) >= 11 is 0. The molecule has 0 aliphatic heterocycles. The minimum atomic E-state index is -2.18. The van der Waals surface area contributed by atoms with Gasteiger partial charge in [-0.3, -0.25) is 14.4 Å². The molecular formula is C21H26N2O5. The van der Waals surface area contributed by atoms with E-state index in [4.69, 9.17) is 16.2 Å². The molecule has 0 aromatic heterocycles. The third-order valence-electron chi connectivity index (χ3n) is 4.56. The van der Waals surface area contributed by atoms with Crippen LogP contribution in [-0.2, 0) is 14.3 Å². The highest BCUT2D eigenvalue weighted by Crippen LogP contribution is 2.32. The fraction of sp³-hybridized carbons (Fsp3) is 0.429. The van der Waals surface area contributed by atoms with Gasteiger partial charge < -0.3 is 16.2 Å². The molecular weight excluding hydrogens is 360 g/mol. The Labute approximate surface area is 164 Å². The number of fused-ring (bicyclic) bond motifs is 1. The lowest BCUT2D eigenvalue weighted by Crippen LogP contribution is -2.61. The molecule has 4 N–H and O–H groups in total. The SMILES string of the molecule is CC1=C(CC(N)(C(=O)OC(C)(C)C)C(=O)[C@H](C)N)C(=O)c2ccccc2C1=O. The van der Waals surface area contributed by atoms with E-state index in [1.807, 2.05) is 0 Å². The summed E-state index contributed by atoms with van der Waals surface area (Å²) in [4.78, 5) is 51.2. The summed E-state index contributed by atoms with van der Waals surface area (Å²) in [5.74, 6) is -2.53. The number of esters is 1. The summed E-state index contributed by atoms with van der Waals surface area (Å²) in [7, 11) is 0. The van der Waals surface area contributed by atoms with Crippen LogP contribution in [0.5, 0.6) is 0 Å². The fourth-order valence-corrected chi connectivity index (χ4v) is 3.08. The minimum absolute atomic E-state index is 0.0195. The highest BCUT2D eigenvalue weighted by molar-refractivity contribution is 6.27. The van der Waals surface area contributed by atoms with Crippen molar-refractivity contribution in [3.05, 3.63) is 46.5 Å². The molecule has 1 aromatic rings. The molecule has 0 bridgehead atoms. The molecule has 0 spiro atoms. The second-order valence-corrected chi connectivity index (χ2v) is 8.11. The van der Waals surface area contributed by atoms with E-state index in [9.17, 15) is 19.2 Å². The van der Waals surface area contributed by atoms with Gasteiger partial charge in [0.15, 0.2) is 22.9 Å². The van der Waals surface area contributed by atoms with Gasteiger partial charge in [-0.05, 0) is 34.6 Å². The van der Waals surface area contributed by atoms with Crippen LogP contribution in [0.3, 0.4) is 0 Å². The Morgan fingerprint density at radius 2 is 1.57 bits per heavy atom. The van der Waals surface area contributed by atoms with Gasteiger partial charge in [-0.2, -0.15) is 0 Å². The second kappa shape index (κ2) is 7.41. The topological polar surface area (TPSA) is 130 Å². The van der Waals surface area contributed by atoms with Crippen molar-refractivity contribution in [2.24, 2.45) is 11.5 Å². The quantitative estimate of drug-likeness (QED) is 0.582. The van der Waals surface area contributed by atoms with Gasteiger partial charge in [0.05, 0.1) is 6.04 Å². The first-order chi connectivity index (χ1) is 12.8. The van der Waals surface area contributed by atoms with Gasteiger partial charge in [-0.25, -0.2) is 4.79 Å². The zero-order valence-corrected chi connectivity index (χ0v) is 16.8. The fourth-order valence-electron chi connectivity index (χ4n) is 3.08. The lowest BCUT2D eigenvalue weighted by Gasteiger charge is -2.32. The Morgan fingerprint density at radius 1 is 1.07 bits per heavy atom. The van der Waals surface area contributed by atoms with Crippen molar-refractivity contribution in [3.8, 4) is 0 Å². The van der Waals surface area contributed by atoms with Crippen LogP contribution in [0.1, 0.15) is 61.8 Å². The molecule has 0 saturated carbocycles. The van der Waals surface area contributed by atoms with E-state index in [2.05, 4.69) is 0 Å². The number of carbonyl (C=O) groups excluding carboxylic acids is 4. The van der Waals surface area contributed by atoms with Crippen LogP contribution in [0.2, 0.25) is 0 Å². The summed E-state index contributed by atoms with van der Waals surface area (Å²) < 4.78 is 5.32. The number of benzene rings is 1. The maximum Gasteiger partial charge on any atom is 0.334 e. The van der Waals surface area contributed by atoms with E-state index in [1.165, 1.54) is 19.9 Å². The van der Waals surface area contributed by atoms with Crippen molar-refractivity contribution in [2.45, 2.75) is 58.2 Å². The summed E-state index contributed by atoms with van der Waals surface area (Å²) in [6, 6.07) is 5.34. The van der Waals surface area contributed by atoms with E-state index in [0.717, 1.165) is 0 Å². The molecule has 150 valence electrons. The summed E-state index contributed by atoms with van der Waals surface area (Å²) in [6.45, 7) is 7.79. The van der Waals surface area contributed by atoms with Gasteiger partial charge in [0.2, 0.25) is 0 Å². The third kappa shape index (κ3) is 3.95. The predicted molar refractivity (Wildman–Crippen MR) is 104 cm³/mol. The molecule has 1 unspecified atom stereocenters. The Hall–Kier alpha value is -2.64.